The molecule has 432 valence electrons. The first-order valence-electron chi connectivity index (χ1n) is 31.5. The van der Waals surface area contributed by atoms with E-state index in [4.69, 9.17) is 8.83 Å². The van der Waals surface area contributed by atoms with E-state index in [0.717, 1.165) is 85.4 Å². The SMILES string of the molecule is CC(C)(C)c1ccc(C(c2ccc(C(C)(C)C)cc2)c2cc3c4c(c2)N(c2ccc(C(C)(C)C)cc2-c2ccccc2)c2c(oc5cc6c(cc25)C(C)(C)CCC6(C)C)B4N(c2ccc(C(C)(C)C)cc2)c2c-3ccc3oc4ccccc4c23)cc1. The number of fused-ring (bicyclic) bond motifs is 11. The zero-order valence-electron chi connectivity index (χ0n) is 53.6. The van der Waals surface area contributed by atoms with E-state index in [1.165, 1.54) is 72.2 Å². The number of rotatable bonds is 6. The van der Waals surface area contributed by atoms with E-state index in [-0.39, 0.29) is 38.4 Å². The van der Waals surface area contributed by atoms with E-state index in [2.05, 4.69) is 302 Å². The standard InChI is InChI=1S/C81H83BN2O2/c1-76(2,3)53-30-26-50(27-31-53)70(51-28-32-54(33-29-51)77(4,5)6)52-44-61-58-39-41-68-71(59-24-20-21-25-67(59)85-68)73(58)84(57-37-34-55(35-38-57)78(7,8)9)82-72(61)66(45-52)83(65-40-36-56(79(10,11)12)46-60(65)49-22-18-17-19-23-49)74-62-47-63-64(48-69(62)86-75(74)82)81(15,16)43-42-80(63,13)14/h17-41,44-48,70H,42-43H2,1-16H3. The van der Waals surface area contributed by atoms with Crippen molar-refractivity contribution in [2.75, 3.05) is 9.71 Å². The van der Waals surface area contributed by atoms with Gasteiger partial charge in [0.15, 0.2) is 0 Å². The minimum absolute atomic E-state index is 0.00653. The van der Waals surface area contributed by atoms with Gasteiger partial charge in [0.25, 0.3) is 0 Å². The van der Waals surface area contributed by atoms with E-state index in [1.807, 2.05) is 0 Å². The third-order valence-corrected chi connectivity index (χ3v) is 19.9. The lowest BCUT2D eigenvalue weighted by molar-refractivity contribution is 0.332. The zero-order valence-corrected chi connectivity index (χ0v) is 53.6. The number of benzene rings is 9. The second-order valence-corrected chi connectivity index (χ2v) is 30.8. The summed E-state index contributed by atoms with van der Waals surface area (Å²) in [5.41, 5.74) is 26.6. The fourth-order valence-electron chi connectivity index (χ4n) is 14.6. The number of hydrogen-bond donors (Lipinski definition) is 0. The Bertz CT molecular complexity index is 4430. The van der Waals surface area contributed by atoms with Gasteiger partial charge in [0.1, 0.15) is 22.4 Å². The van der Waals surface area contributed by atoms with Gasteiger partial charge in [-0.25, -0.2) is 0 Å². The van der Waals surface area contributed by atoms with Crippen LogP contribution in [0.25, 0.3) is 55.2 Å². The molecular weight excluding hydrogens is 1040 g/mol. The third kappa shape index (κ3) is 8.99. The fraction of sp³-hybridized carbons (Fsp3) is 0.309. The molecule has 86 heavy (non-hydrogen) atoms. The number of anilines is 5. The Balaban J connectivity index is 1.18. The van der Waals surface area contributed by atoms with E-state index in [0.29, 0.717) is 0 Å². The first kappa shape index (κ1) is 55.8. The Morgan fingerprint density at radius 3 is 1.56 bits per heavy atom. The van der Waals surface area contributed by atoms with Crippen molar-refractivity contribution in [2.24, 2.45) is 0 Å². The molecule has 0 fully saturated rings. The monoisotopic (exact) mass is 1130 g/mol. The lowest BCUT2D eigenvalue weighted by Crippen LogP contribution is -2.61. The highest BCUT2D eigenvalue weighted by Crippen LogP contribution is 2.56. The third-order valence-electron chi connectivity index (χ3n) is 19.9. The van der Waals surface area contributed by atoms with Crippen molar-refractivity contribution in [3.8, 4) is 22.3 Å². The predicted octanol–water partition coefficient (Wildman–Crippen LogP) is 21.4. The highest BCUT2D eigenvalue weighted by Gasteiger charge is 2.51. The summed E-state index contributed by atoms with van der Waals surface area (Å²) in [6.07, 6.45) is 2.21. The summed E-state index contributed by atoms with van der Waals surface area (Å²) in [6, 6.07) is 70.2. The van der Waals surface area contributed by atoms with Gasteiger partial charge in [-0.05, 0) is 173 Å². The molecule has 14 rings (SSSR count). The molecule has 0 N–H and O–H groups in total. The van der Waals surface area contributed by atoms with Crippen LogP contribution >= 0.6 is 0 Å². The van der Waals surface area contributed by atoms with E-state index >= 15 is 0 Å². The van der Waals surface area contributed by atoms with E-state index in [1.54, 1.807) is 0 Å². The molecule has 5 heteroatoms. The maximum absolute atomic E-state index is 7.96. The average molecular weight is 1130 g/mol. The molecule has 0 saturated carbocycles. The molecule has 3 aliphatic rings. The minimum Gasteiger partial charge on any atom is -0.466 e. The van der Waals surface area contributed by atoms with Gasteiger partial charge in [-0.2, -0.15) is 0 Å². The molecule has 9 aromatic carbocycles. The molecule has 0 atom stereocenters. The number of furan rings is 2. The van der Waals surface area contributed by atoms with Crippen LogP contribution < -0.4 is 20.8 Å². The first-order valence-corrected chi connectivity index (χ1v) is 31.5. The molecule has 4 heterocycles. The van der Waals surface area contributed by atoms with Gasteiger partial charge in [-0.1, -0.05) is 232 Å². The molecule has 11 aromatic rings. The molecule has 0 saturated heterocycles. The maximum atomic E-state index is 7.96. The smallest absolute Gasteiger partial charge is 0.375 e. The van der Waals surface area contributed by atoms with Crippen molar-refractivity contribution in [3.63, 3.8) is 0 Å². The van der Waals surface area contributed by atoms with Gasteiger partial charge < -0.3 is 18.5 Å². The van der Waals surface area contributed by atoms with Crippen molar-refractivity contribution < 1.29 is 8.83 Å². The van der Waals surface area contributed by atoms with Crippen LogP contribution in [0.15, 0.2) is 191 Å². The van der Waals surface area contributed by atoms with Crippen LogP contribution in [0.5, 0.6) is 0 Å². The summed E-state index contributed by atoms with van der Waals surface area (Å²) in [5.74, 6) is -0.126. The fourth-order valence-corrected chi connectivity index (χ4v) is 14.6. The van der Waals surface area contributed by atoms with Crippen LogP contribution in [-0.2, 0) is 32.5 Å². The van der Waals surface area contributed by atoms with Crippen LogP contribution in [0, 0.1) is 0 Å². The van der Waals surface area contributed by atoms with E-state index < -0.39 is 6.85 Å². The summed E-state index contributed by atoms with van der Waals surface area (Å²) in [7, 11) is 0. The van der Waals surface area contributed by atoms with Crippen LogP contribution in [0.3, 0.4) is 0 Å². The molecule has 2 aromatic heterocycles. The quantitative estimate of drug-likeness (QED) is 0.123. The number of para-hydroxylation sites is 1. The molecule has 0 radical (unpaired) electrons. The largest absolute Gasteiger partial charge is 0.466 e. The van der Waals surface area contributed by atoms with Crippen LogP contribution in [0.2, 0.25) is 0 Å². The molecule has 0 bridgehead atoms. The van der Waals surface area contributed by atoms with Gasteiger partial charge in [0.2, 0.25) is 0 Å². The molecule has 0 spiro atoms. The van der Waals surface area contributed by atoms with Crippen LogP contribution in [0.1, 0.15) is 180 Å². The summed E-state index contributed by atoms with van der Waals surface area (Å²) in [6.45, 7) is 37.2. The number of hydrogen-bond acceptors (Lipinski definition) is 4. The van der Waals surface area contributed by atoms with Gasteiger partial charge in [-0.3, -0.25) is 0 Å². The summed E-state index contributed by atoms with van der Waals surface area (Å²) < 4.78 is 14.9. The molecule has 4 nitrogen and oxygen atoms in total. The maximum Gasteiger partial charge on any atom is 0.375 e. The highest BCUT2D eigenvalue weighted by atomic mass is 16.3. The van der Waals surface area contributed by atoms with Gasteiger partial charge in [0, 0.05) is 44.9 Å². The molecule has 1 aliphatic carbocycles. The molecular formula is C81H83BN2O2. The lowest BCUT2D eigenvalue weighted by atomic mass is 9.45. The van der Waals surface area contributed by atoms with Gasteiger partial charge in [0.05, 0.1) is 16.8 Å². The Kier molecular flexibility index (Phi) is 12.5. The van der Waals surface area contributed by atoms with Crippen LogP contribution in [-0.4, -0.2) is 6.85 Å². The normalized spacial score (nSPS) is 15.6. The Hall–Kier alpha value is -8.02. The zero-order chi connectivity index (χ0) is 60.4. The predicted molar refractivity (Wildman–Crippen MR) is 367 cm³/mol. The Morgan fingerprint density at radius 1 is 0.419 bits per heavy atom. The molecule has 2 aliphatic heterocycles. The first-order chi connectivity index (χ1) is 40.7. The minimum atomic E-state index is -0.400. The van der Waals surface area contributed by atoms with E-state index in [9.17, 15) is 0 Å². The van der Waals surface area contributed by atoms with Gasteiger partial charge >= 0.3 is 6.85 Å². The molecule has 0 amide bonds. The van der Waals surface area contributed by atoms with Gasteiger partial charge in [-0.15, -0.1) is 0 Å². The van der Waals surface area contributed by atoms with Crippen molar-refractivity contribution in [3.05, 3.63) is 232 Å². The van der Waals surface area contributed by atoms with Crippen molar-refractivity contribution >= 4 is 79.3 Å². The summed E-state index contributed by atoms with van der Waals surface area (Å²) >= 11 is 0. The van der Waals surface area contributed by atoms with Crippen molar-refractivity contribution in [1.82, 2.24) is 0 Å². The van der Waals surface area contributed by atoms with Crippen molar-refractivity contribution in [2.45, 2.75) is 162 Å². The Labute approximate surface area is 511 Å². The van der Waals surface area contributed by atoms with Crippen molar-refractivity contribution in [1.29, 1.82) is 0 Å². The lowest BCUT2D eigenvalue weighted by Gasteiger charge is -2.45. The van der Waals surface area contributed by atoms with Crippen LogP contribution in [0.4, 0.5) is 28.4 Å². The Morgan fingerprint density at radius 2 is 0.965 bits per heavy atom. The molecule has 0 unspecified atom stereocenters. The topological polar surface area (TPSA) is 32.8 Å². The summed E-state index contributed by atoms with van der Waals surface area (Å²) in [4.78, 5) is 5.29. The highest BCUT2D eigenvalue weighted by molar-refractivity contribution is 6.93. The number of nitrogens with zero attached hydrogens (tertiary/aromatic N) is 2. The summed E-state index contributed by atoms with van der Waals surface area (Å²) in [5, 5.41) is 3.33. The second kappa shape index (κ2) is 19.2. The second-order valence-electron chi connectivity index (χ2n) is 30.8. The average Bonchev–Trinajstić information content (AvgIpc) is 1.29.